The van der Waals surface area contributed by atoms with Gasteiger partial charge in [-0.3, -0.25) is 0 Å². The molecule has 6 heteroatoms. The molecule has 0 aliphatic heterocycles. The first kappa shape index (κ1) is 22.9. The van der Waals surface area contributed by atoms with Crippen LogP contribution in [-0.2, 0) is 0 Å². The number of aryl methyl sites for hydroxylation is 1. The molecular weight excluding hydrogens is 400 g/mol. The largest absolute Gasteiger partial charge is 0.493 e. The molecule has 32 heavy (non-hydrogen) atoms. The number of nitrogens with one attached hydrogen (secondary N) is 1. The first-order chi connectivity index (χ1) is 15.5. The van der Waals surface area contributed by atoms with E-state index < -0.39 is 0 Å². The lowest BCUT2D eigenvalue weighted by molar-refractivity contribution is 0.353. The van der Waals surface area contributed by atoms with E-state index in [1.54, 1.807) is 18.7 Å². The maximum absolute atomic E-state index is 5.45. The molecule has 0 amide bonds. The van der Waals surface area contributed by atoms with Crippen molar-refractivity contribution in [3.8, 4) is 22.6 Å². The van der Waals surface area contributed by atoms with Gasteiger partial charge in [-0.2, -0.15) is 5.10 Å². The normalized spacial score (nSPS) is 10.3. The number of benzene rings is 2. The van der Waals surface area contributed by atoms with Gasteiger partial charge in [-0.25, -0.2) is 9.50 Å². The first-order valence-electron chi connectivity index (χ1n) is 10.6. The quantitative estimate of drug-likeness (QED) is 0.377. The molecule has 0 spiro atoms. The lowest BCUT2D eigenvalue weighted by Gasteiger charge is -2.14. The van der Waals surface area contributed by atoms with E-state index in [1.807, 2.05) is 64.4 Å². The van der Waals surface area contributed by atoms with Crippen LogP contribution in [0.2, 0.25) is 0 Å². The van der Waals surface area contributed by atoms with Gasteiger partial charge in [0.1, 0.15) is 5.82 Å². The second-order valence-corrected chi connectivity index (χ2v) is 7.15. The smallest absolute Gasteiger partial charge is 0.165 e. The lowest BCUT2D eigenvalue weighted by Crippen LogP contribution is -1.99. The maximum Gasteiger partial charge on any atom is 0.165 e. The van der Waals surface area contributed by atoms with E-state index in [1.165, 1.54) is 0 Å². The van der Waals surface area contributed by atoms with Crippen molar-refractivity contribution in [1.82, 2.24) is 14.6 Å². The van der Waals surface area contributed by atoms with Crippen molar-refractivity contribution in [2.45, 2.75) is 27.7 Å². The lowest BCUT2D eigenvalue weighted by atomic mass is 10.0. The van der Waals surface area contributed by atoms with Crippen LogP contribution in [-0.4, -0.2) is 28.8 Å². The minimum absolute atomic E-state index is 0.669. The third-order valence-electron chi connectivity index (χ3n) is 4.97. The van der Waals surface area contributed by atoms with Crippen molar-refractivity contribution in [3.63, 3.8) is 0 Å². The topological polar surface area (TPSA) is 60.7 Å². The number of nitrogens with zero attached hydrogens (tertiary/aromatic N) is 3. The van der Waals surface area contributed by atoms with E-state index in [9.17, 15) is 0 Å². The molecule has 0 radical (unpaired) electrons. The molecule has 0 aliphatic rings. The Balaban J connectivity index is 0.00000141. The highest BCUT2D eigenvalue weighted by atomic mass is 16.5. The fourth-order valence-corrected chi connectivity index (χ4v) is 3.47. The van der Waals surface area contributed by atoms with Gasteiger partial charge in [0.05, 0.1) is 20.4 Å². The number of aromatic nitrogens is 3. The van der Waals surface area contributed by atoms with Crippen molar-refractivity contribution >= 4 is 22.7 Å². The summed E-state index contributed by atoms with van der Waals surface area (Å²) in [6.45, 7) is 12.0. The number of hydrogen-bond acceptors (Lipinski definition) is 5. The Morgan fingerprint density at radius 3 is 2.53 bits per heavy atom. The highest BCUT2D eigenvalue weighted by Gasteiger charge is 2.12. The van der Waals surface area contributed by atoms with Gasteiger partial charge in [-0.05, 0) is 48.7 Å². The molecule has 1 N–H and O–H groups in total. The maximum atomic E-state index is 5.45. The van der Waals surface area contributed by atoms with Gasteiger partial charge in [0.15, 0.2) is 17.1 Å². The number of methoxy groups -OCH3 is 2. The van der Waals surface area contributed by atoms with Gasteiger partial charge in [-0.1, -0.05) is 44.2 Å². The molecule has 166 valence electrons. The zero-order valence-corrected chi connectivity index (χ0v) is 19.6. The molecule has 6 nitrogen and oxygen atoms in total. The Kier molecular flexibility index (Phi) is 7.15. The van der Waals surface area contributed by atoms with Gasteiger partial charge in [0.2, 0.25) is 0 Å². The van der Waals surface area contributed by atoms with Gasteiger partial charge in [0, 0.05) is 23.5 Å². The van der Waals surface area contributed by atoms with Crippen LogP contribution in [0.1, 0.15) is 31.9 Å². The summed E-state index contributed by atoms with van der Waals surface area (Å²) in [5.41, 5.74) is 6.75. The molecule has 0 unspecified atom stereocenters. The van der Waals surface area contributed by atoms with E-state index >= 15 is 0 Å². The molecule has 0 atom stereocenters. The molecule has 0 fully saturated rings. The molecule has 2 aromatic carbocycles. The molecule has 4 rings (SSSR count). The summed E-state index contributed by atoms with van der Waals surface area (Å²) < 4.78 is 12.7. The van der Waals surface area contributed by atoms with Crippen LogP contribution in [0, 0.1) is 6.92 Å². The third-order valence-corrected chi connectivity index (χ3v) is 4.97. The first-order valence-corrected chi connectivity index (χ1v) is 10.6. The number of anilines is 2. The minimum Gasteiger partial charge on any atom is -0.493 e. The Morgan fingerprint density at radius 2 is 1.84 bits per heavy atom. The van der Waals surface area contributed by atoms with E-state index in [4.69, 9.17) is 14.5 Å². The summed E-state index contributed by atoms with van der Waals surface area (Å²) in [6, 6.07) is 14.0. The molecule has 0 saturated heterocycles. The van der Waals surface area contributed by atoms with Crippen molar-refractivity contribution in [1.29, 1.82) is 0 Å². The summed E-state index contributed by atoms with van der Waals surface area (Å²) in [6.07, 6.45) is 3.73. The van der Waals surface area contributed by atoms with Crippen molar-refractivity contribution < 1.29 is 9.47 Å². The number of ether oxygens (including phenoxy) is 2. The fraction of sp³-hybridized carbons (Fsp3) is 0.231. The molecule has 0 bridgehead atoms. The van der Waals surface area contributed by atoms with Crippen LogP contribution >= 0.6 is 0 Å². The second-order valence-electron chi connectivity index (χ2n) is 7.15. The molecule has 0 saturated carbocycles. The van der Waals surface area contributed by atoms with Gasteiger partial charge >= 0.3 is 0 Å². The molecule has 0 aliphatic carbocycles. The molecule has 2 heterocycles. The predicted molar refractivity (Wildman–Crippen MR) is 132 cm³/mol. The summed E-state index contributed by atoms with van der Waals surface area (Å²) in [5.74, 6) is 2.11. The minimum atomic E-state index is 0.669. The van der Waals surface area contributed by atoms with Crippen LogP contribution in [0.25, 0.3) is 22.3 Å². The Morgan fingerprint density at radius 1 is 1.06 bits per heavy atom. The predicted octanol–water partition coefficient (Wildman–Crippen LogP) is 6.52. The Hall–Kier alpha value is -3.80. The average Bonchev–Trinajstić information content (AvgIpc) is 3.23. The van der Waals surface area contributed by atoms with Crippen molar-refractivity contribution in [2.75, 3.05) is 19.5 Å². The summed E-state index contributed by atoms with van der Waals surface area (Å²) in [7, 11) is 3.26. The van der Waals surface area contributed by atoms with E-state index in [0.717, 1.165) is 44.9 Å². The molecular formula is C26H30N4O2. The summed E-state index contributed by atoms with van der Waals surface area (Å²) in [5, 5.41) is 7.81. The van der Waals surface area contributed by atoms with Gasteiger partial charge < -0.3 is 14.8 Å². The number of hydrogen-bond donors (Lipinski definition) is 1. The average molecular weight is 431 g/mol. The number of fused-ring (bicyclic) bond motifs is 1. The van der Waals surface area contributed by atoms with E-state index in [2.05, 4.69) is 35.2 Å². The molecule has 4 aromatic rings. The zero-order valence-electron chi connectivity index (χ0n) is 19.6. The highest BCUT2D eigenvalue weighted by Crippen LogP contribution is 2.35. The van der Waals surface area contributed by atoms with Crippen LogP contribution in [0.4, 0.5) is 11.5 Å². The fourth-order valence-electron chi connectivity index (χ4n) is 3.47. The Labute approximate surface area is 189 Å². The van der Waals surface area contributed by atoms with E-state index in [-0.39, 0.29) is 0 Å². The van der Waals surface area contributed by atoms with Gasteiger partial charge in [-0.15, -0.1) is 0 Å². The SMILES string of the molecule is C=C(C)c1cccc(-c2cnn3ccc(Nc4cc(C)c(OC)c(OC)c4)nc23)c1.CC. The van der Waals surface area contributed by atoms with Crippen molar-refractivity contribution in [2.24, 2.45) is 0 Å². The highest BCUT2D eigenvalue weighted by molar-refractivity contribution is 5.80. The second kappa shape index (κ2) is 10.0. The van der Waals surface area contributed by atoms with Crippen LogP contribution in [0.15, 0.2) is 61.4 Å². The van der Waals surface area contributed by atoms with Crippen LogP contribution in [0.5, 0.6) is 11.5 Å². The Bertz CT molecular complexity index is 1240. The standard InChI is InChI=1S/C24H24N4O2.C2H6/c1-15(2)17-7-6-8-18(12-17)20-14-25-28-10-9-22(27-24(20)28)26-19-11-16(3)23(30-5)21(13-19)29-4;1-2/h6-14H,1H2,2-5H3,(H,26,27);1-2H3. The van der Waals surface area contributed by atoms with Crippen LogP contribution in [0.3, 0.4) is 0 Å². The summed E-state index contributed by atoms with van der Waals surface area (Å²) in [4.78, 5) is 4.80. The van der Waals surface area contributed by atoms with Crippen molar-refractivity contribution in [3.05, 3.63) is 72.6 Å². The monoisotopic (exact) mass is 430 g/mol. The van der Waals surface area contributed by atoms with Crippen LogP contribution < -0.4 is 14.8 Å². The van der Waals surface area contributed by atoms with E-state index in [0.29, 0.717) is 11.6 Å². The molecule has 2 aromatic heterocycles. The third kappa shape index (κ3) is 4.59. The zero-order chi connectivity index (χ0) is 23.3. The van der Waals surface area contributed by atoms with Gasteiger partial charge in [0.25, 0.3) is 0 Å². The summed E-state index contributed by atoms with van der Waals surface area (Å²) >= 11 is 0. The number of allylic oxidation sites excluding steroid dienone is 1. The number of rotatable bonds is 6.